The van der Waals surface area contributed by atoms with E-state index in [0.29, 0.717) is 17.0 Å². The zero-order valence-corrected chi connectivity index (χ0v) is 19.1. The average Bonchev–Trinajstić information content (AvgIpc) is 3.04. The van der Waals surface area contributed by atoms with Gasteiger partial charge in [-0.15, -0.1) is 0 Å². The lowest BCUT2D eigenvalue weighted by Crippen LogP contribution is -2.49. The van der Waals surface area contributed by atoms with Gasteiger partial charge in [-0.2, -0.15) is 13.2 Å². The normalized spacial score (nSPS) is 13.0. The number of carbonyl (C=O) groups is 2. The number of thiazole rings is 1. The predicted molar refractivity (Wildman–Crippen MR) is 115 cm³/mol. The summed E-state index contributed by atoms with van der Waals surface area (Å²) in [7, 11) is 0. The van der Waals surface area contributed by atoms with Crippen LogP contribution in [0.15, 0.2) is 21.3 Å². The van der Waals surface area contributed by atoms with Crippen LogP contribution in [0.5, 0.6) is 0 Å². The van der Waals surface area contributed by atoms with E-state index >= 15 is 0 Å². The number of alkyl halides is 3. The number of nitrogens with two attached hydrogens (primary N) is 1. The van der Waals surface area contributed by atoms with Crippen molar-refractivity contribution in [3.05, 3.63) is 34.0 Å². The Kier molecular flexibility index (Phi) is 7.38. The number of likely N-dealkylation sites (N-methyl/N-ethyl adjacent to an activating group) is 1. The fourth-order valence-electron chi connectivity index (χ4n) is 3.02. The van der Waals surface area contributed by atoms with Gasteiger partial charge in [0.25, 0.3) is 0 Å². The van der Waals surface area contributed by atoms with Gasteiger partial charge in [-0.25, -0.2) is 14.6 Å². The van der Waals surface area contributed by atoms with Crippen LogP contribution in [-0.4, -0.2) is 40.6 Å². The van der Waals surface area contributed by atoms with E-state index in [-0.39, 0.29) is 17.2 Å². The van der Waals surface area contributed by atoms with Crippen LogP contribution < -0.4 is 16.7 Å². The topological polar surface area (TPSA) is 119 Å². The Bertz CT molecular complexity index is 1060. The Morgan fingerprint density at radius 2 is 1.91 bits per heavy atom. The van der Waals surface area contributed by atoms with Crippen molar-refractivity contribution in [3.8, 4) is 10.4 Å². The number of carbonyl (C=O) groups excluding carboxylic acids is 2. The van der Waals surface area contributed by atoms with Gasteiger partial charge in [-0.05, 0) is 40.2 Å². The summed E-state index contributed by atoms with van der Waals surface area (Å²) < 4.78 is 45.1. The SMILES string of the molecule is CCC(C(N)=O)N(CC)C(=O)Nc1nc(C)c(-c2cc(C(C)(C)C(F)(F)F)oc(=O)c2)s1. The van der Waals surface area contributed by atoms with E-state index in [0.717, 1.165) is 37.3 Å². The van der Waals surface area contributed by atoms with Gasteiger partial charge in [0.1, 0.15) is 17.2 Å². The highest BCUT2D eigenvalue weighted by molar-refractivity contribution is 7.19. The molecule has 1 unspecified atom stereocenters. The number of nitrogens with zero attached hydrogens (tertiary/aromatic N) is 2. The molecule has 0 bridgehead atoms. The minimum absolute atomic E-state index is 0.158. The molecule has 12 heteroatoms. The molecule has 3 N–H and O–H groups in total. The van der Waals surface area contributed by atoms with Crippen molar-refractivity contribution < 1.29 is 27.2 Å². The van der Waals surface area contributed by atoms with Crippen LogP contribution in [0.3, 0.4) is 0 Å². The minimum Gasteiger partial charge on any atom is -0.427 e. The Labute approximate surface area is 186 Å². The van der Waals surface area contributed by atoms with Crippen molar-refractivity contribution in [1.29, 1.82) is 0 Å². The molecule has 0 radical (unpaired) electrons. The van der Waals surface area contributed by atoms with Crippen LogP contribution in [0.1, 0.15) is 45.6 Å². The van der Waals surface area contributed by atoms with Crippen molar-refractivity contribution in [2.45, 2.75) is 58.7 Å². The summed E-state index contributed by atoms with van der Waals surface area (Å²) in [6.07, 6.45) is -4.31. The summed E-state index contributed by atoms with van der Waals surface area (Å²) in [6.45, 7) is 7.07. The maximum Gasteiger partial charge on any atom is 0.400 e. The van der Waals surface area contributed by atoms with Gasteiger partial charge in [-0.1, -0.05) is 18.3 Å². The van der Waals surface area contributed by atoms with E-state index in [1.165, 1.54) is 4.90 Å². The number of amides is 3. The number of hydrogen-bond donors (Lipinski definition) is 2. The van der Waals surface area contributed by atoms with Crippen molar-refractivity contribution in [1.82, 2.24) is 9.88 Å². The quantitative estimate of drug-likeness (QED) is 0.628. The van der Waals surface area contributed by atoms with Crippen molar-refractivity contribution in [2.24, 2.45) is 5.73 Å². The zero-order valence-electron chi connectivity index (χ0n) is 18.3. The second-order valence-corrected chi connectivity index (χ2v) is 8.63. The molecule has 2 rings (SSSR count). The van der Waals surface area contributed by atoms with Crippen molar-refractivity contribution in [3.63, 3.8) is 0 Å². The van der Waals surface area contributed by atoms with Crippen molar-refractivity contribution >= 4 is 28.4 Å². The largest absolute Gasteiger partial charge is 0.427 e. The fourth-order valence-corrected chi connectivity index (χ4v) is 3.96. The predicted octanol–water partition coefficient (Wildman–Crippen LogP) is 4.03. The number of urea groups is 1. The molecule has 3 amide bonds. The van der Waals surface area contributed by atoms with E-state index in [1.54, 1.807) is 20.8 Å². The number of halogens is 3. The smallest absolute Gasteiger partial charge is 0.400 e. The molecule has 0 spiro atoms. The summed E-state index contributed by atoms with van der Waals surface area (Å²) in [4.78, 5) is 42.1. The monoisotopic (exact) mass is 474 g/mol. The molecule has 8 nitrogen and oxygen atoms in total. The summed E-state index contributed by atoms with van der Waals surface area (Å²) in [5, 5.41) is 2.74. The fraction of sp³-hybridized carbons (Fsp3) is 0.500. The number of hydrogen-bond acceptors (Lipinski definition) is 6. The molecule has 2 heterocycles. The first kappa shape index (κ1) is 25.4. The number of nitrogens with one attached hydrogen (secondary N) is 1. The van der Waals surface area contributed by atoms with E-state index in [1.807, 2.05) is 0 Å². The molecular formula is C20H25F3N4O4S. The van der Waals surface area contributed by atoms with Gasteiger partial charge in [0.05, 0.1) is 10.6 Å². The first-order valence-corrected chi connectivity index (χ1v) is 10.6. The molecule has 32 heavy (non-hydrogen) atoms. The summed E-state index contributed by atoms with van der Waals surface area (Å²) in [6, 6.07) is 0.830. The number of aromatic nitrogens is 1. The Balaban J connectivity index is 2.40. The molecule has 0 aliphatic rings. The van der Waals surface area contributed by atoms with Crippen LogP contribution in [0.25, 0.3) is 10.4 Å². The molecule has 0 saturated heterocycles. The summed E-state index contributed by atoms with van der Waals surface area (Å²) in [5.74, 6) is -1.17. The molecular weight excluding hydrogens is 449 g/mol. The van der Waals surface area contributed by atoms with Gasteiger partial charge < -0.3 is 15.1 Å². The summed E-state index contributed by atoms with van der Waals surface area (Å²) >= 11 is 0.984. The first-order valence-electron chi connectivity index (χ1n) is 9.80. The van der Waals surface area contributed by atoms with Crippen LogP contribution in [-0.2, 0) is 10.2 Å². The van der Waals surface area contributed by atoms with Crippen LogP contribution in [0, 0.1) is 6.92 Å². The van der Waals surface area contributed by atoms with Gasteiger partial charge >= 0.3 is 17.8 Å². The highest BCUT2D eigenvalue weighted by atomic mass is 32.1. The third-order valence-electron chi connectivity index (χ3n) is 5.06. The minimum atomic E-state index is -4.64. The maximum absolute atomic E-state index is 13.4. The number of rotatable bonds is 7. The summed E-state index contributed by atoms with van der Waals surface area (Å²) in [5.41, 5.74) is 2.64. The Morgan fingerprint density at radius 1 is 1.28 bits per heavy atom. The first-order chi connectivity index (χ1) is 14.7. The van der Waals surface area contributed by atoms with E-state index in [9.17, 15) is 27.6 Å². The molecule has 1 atom stereocenters. The molecule has 176 valence electrons. The standard InChI is InChI=1S/C20H25F3N4O4S/c1-6-12(16(24)29)27(7-2)18(30)26-17-25-10(3)15(32-17)11-8-13(31-14(28)9-11)19(4,5)20(21,22)23/h8-9,12H,6-7H2,1-5H3,(H2,24,29)(H,25,26,30). The average molecular weight is 475 g/mol. The Morgan fingerprint density at radius 3 is 2.41 bits per heavy atom. The molecule has 0 aromatic carbocycles. The maximum atomic E-state index is 13.4. The van der Waals surface area contributed by atoms with E-state index in [4.69, 9.17) is 10.2 Å². The van der Waals surface area contributed by atoms with Gasteiger partial charge in [0, 0.05) is 18.2 Å². The lowest BCUT2D eigenvalue weighted by Gasteiger charge is -2.27. The lowest BCUT2D eigenvalue weighted by atomic mass is 9.88. The molecule has 0 fully saturated rings. The molecule has 0 saturated carbocycles. The van der Waals surface area contributed by atoms with Crippen LogP contribution >= 0.6 is 11.3 Å². The van der Waals surface area contributed by atoms with Crippen LogP contribution in [0.4, 0.5) is 23.1 Å². The van der Waals surface area contributed by atoms with Gasteiger partial charge in [-0.3, -0.25) is 10.1 Å². The lowest BCUT2D eigenvalue weighted by molar-refractivity contribution is -0.185. The third kappa shape index (κ3) is 5.12. The van der Waals surface area contributed by atoms with Crippen molar-refractivity contribution in [2.75, 3.05) is 11.9 Å². The number of primary amides is 1. The second-order valence-electron chi connectivity index (χ2n) is 7.63. The molecule has 0 aliphatic carbocycles. The highest BCUT2D eigenvalue weighted by Gasteiger charge is 2.50. The zero-order chi connectivity index (χ0) is 24.4. The Hall–Kier alpha value is -2.89. The third-order valence-corrected chi connectivity index (χ3v) is 6.18. The van der Waals surface area contributed by atoms with Gasteiger partial charge in [0.15, 0.2) is 5.13 Å². The van der Waals surface area contributed by atoms with E-state index in [2.05, 4.69) is 10.3 Å². The molecule has 2 aromatic rings. The number of anilines is 1. The van der Waals surface area contributed by atoms with Gasteiger partial charge in [0.2, 0.25) is 5.91 Å². The second kappa shape index (κ2) is 9.31. The van der Waals surface area contributed by atoms with E-state index < -0.39 is 41.0 Å². The molecule has 0 aliphatic heterocycles. The van der Waals surface area contributed by atoms with Crippen LogP contribution in [0.2, 0.25) is 0 Å². The molecule has 2 aromatic heterocycles. The number of aryl methyl sites for hydroxylation is 1. The highest BCUT2D eigenvalue weighted by Crippen LogP contribution is 2.42.